The summed E-state index contributed by atoms with van der Waals surface area (Å²) in [4.78, 5) is 10.4. The van der Waals surface area contributed by atoms with Crippen LogP contribution < -0.4 is 10.1 Å². The first-order valence-electron chi connectivity index (χ1n) is 5.06. The Balaban J connectivity index is 2.60. The second kappa shape index (κ2) is 3.63. The summed E-state index contributed by atoms with van der Waals surface area (Å²) < 4.78 is 5.45. The zero-order valence-electron chi connectivity index (χ0n) is 9.48. The van der Waals surface area contributed by atoms with E-state index in [0.717, 1.165) is 0 Å². The van der Waals surface area contributed by atoms with E-state index in [2.05, 4.69) is 5.32 Å². The Morgan fingerprint density at radius 3 is 2.88 bits per heavy atom. The third kappa shape index (κ3) is 1.99. The van der Waals surface area contributed by atoms with E-state index < -0.39 is 4.92 Å². The molecule has 0 saturated carbocycles. The standard InChI is InChI=1S/C11H11N3O3/c1-11(2)6-17-9-4-7(5-12)3-8(14(15)16)10(9)13-11/h3-4,13H,6H2,1-2H3. The number of anilines is 1. The largest absolute Gasteiger partial charge is 0.489 e. The third-order valence-electron chi connectivity index (χ3n) is 2.46. The normalized spacial score (nSPS) is 16.1. The maximum atomic E-state index is 11.0. The van der Waals surface area contributed by atoms with Crippen LogP contribution in [-0.4, -0.2) is 17.1 Å². The second-order valence-electron chi connectivity index (χ2n) is 4.53. The lowest BCUT2D eigenvalue weighted by molar-refractivity contribution is -0.384. The van der Waals surface area contributed by atoms with Gasteiger partial charge in [-0.2, -0.15) is 5.26 Å². The molecule has 6 heteroatoms. The molecule has 0 aromatic heterocycles. The van der Waals surface area contributed by atoms with Crippen LogP contribution in [-0.2, 0) is 0 Å². The Morgan fingerprint density at radius 1 is 1.59 bits per heavy atom. The van der Waals surface area contributed by atoms with Crippen LogP contribution in [0.5, 0.6) is 5.75 Å². The van der Waals surface area contributed by atoms with E-state index in [1.54, 1.807) is 0 Å². The molecule has 2 rings (SSSR count). The summed E-state index contributed by atoms with van der Waals surface area (Å²) >= 11 is 0. The van der Waals surface area contributed by atoms with Crippen molar-refractivity contribution in [2.45, 2.75) is 19.4 Å². The van der Waals surface area contributed by atoms with Crippen LogP contribution in [0.4, 0.5) is 11.4 Å². The number of nitro benzene ring substituents is 1. The van der Waals surface area contributed by atoms with Gasteiger partial charge in [0.2, 0.25) is 0 Å². The number of nitriles is 1. The van der Waals surface area contributed by atoms with Gasteiger partial charge in [0.1, 0.15) is 6.61 Å². The van der Waals surface area contributed by atoms with Gasteiger partial charge >= 0.3 is 0 Å². The van der Waals surface area contributed by atoms with Gasteiger partial charge in [0, 0.05) is 12.1 Å². The van der Waals surface area contributed by atoms with Gasteiger partial charge in [-0.15, -0.1) is 0 Å². The minimum Gasteiger partial charge on any atom is -0.489 e. The van der Waals surface area contributed by atoms with Crippen molar-refractivity contribution >= 4 is 11.4 Å². The smallest absolute Gasteiger partial charge is 0.297 e. The molecule has 0 bridgehead atoms. The number of nitro groups is 1. The number of benzene rings is 1. The lowest BCUT2D eigenvalue weighted by atomic mass is 10.0. The molecule has 88 valence electrons. The average molecular weight is 233 g/mol. The minimum atomic E-state index is -0.516. The lowest BCUT2D eigenvalue weighted by Gasteiger charge is -2.33. The molecule has 1 aliphatic rings. The summed E-state index contributed by atoms with van der Waals surface area (Å²) in [6, 6.07) is 4.63. The van der Waals surface area contributed by atoms with Crippen molar-refractivity contribution in [3.05, 3.63) is 27.8 Å². The molecular formula is C11H11N3O3. The highest BCUT2D eigenvalue weighted by atomic mass is 16.6. The summed E-state index contributed by atoms with van der Waals surface area (Å²) in [5.41, 5.74) is 0.0559. The summed E-state index contributed by atoms with van der Waals surface area (Å²) in [6.07, 6.45) is 0. The topological polar surface area (TPSA) is 88.2 Å². The van der Waals surface area contributed by atoms with Crippen LogP contribution in [0.25, 0.3) is 0 Å². The molecule has 1 aliphatic heterocycles. The van der Waals surface area contributed by atoms with Gasteiger partial charge in [-0.05, 0) is 13.8 Å². The minimum absolute atomic E-state index is 0.133. The zero-order valence-corrected chi connectivity index (χ0v) is 9.48. The lowest BCUT2D eigenvalue weighted by Crippen LogP contribution is -2.41. The Hall–Kier alpha value is -2.29. The third-order valence-corrected chi connectivity index (χ3v) is 2.46. The van der Waals surface area contributed by atoms with E-state index in [0.29, 0.717) is 18.0 Å². The molecule has 6 nitrogen and oxygen atoms in total. The van der Waals surface area contributed by atoms with E-state index >= 15 is 0 Å². The molecule has 0 saturated heterocycles. The van der Waals surface area contributed by atoms with E-state index in [-0.39, 0.29) is 16.8 Å². The maximum Gasteiger partial charge on any atom is 0.297 e. The number of nitrogens with one attached hydrogen (secondary N) is 1. The molecular weight excluding hydrogens is 222 g/mol. The van der Waals surface area contributed by atoms with E-state index in [1.807, 2.05) is 19.9 Å². The monoisotopic (exact) mass is 233 g/mol. The Morgan fingerprint density at radius 2 is 2.29 bits per heavy atom. The molecule has 0 unspecified atom stereocenters. The van der Waals surface area contributed by atoms with Gasteiger partial charge in [0.15, 0.2) is 11.4 Å². The molecule has 0 amide bonds. The number of hydrogen-bond acceptors (Lipinski definition) is 5. The van der Waals surface area contributed by atoms with E-state index in [1.165, 1.54) is 12.1 Å². The van der Waals surface area contributed by atoms with Crippen molar-refractivity contribution in [3.8, 4) is 11.8 Å². The highest BCUT2D eigenvalue weighted by molar-refractivity contribution is 5.74. The van der Waals surface area contributed by atoms with Crippen LogP contribution in [0.3, 0.4) is 0 Å². The summed E-state index contributed by atoms with van der Waals surface area (Å²) in [5, 5.41) is 22.8. The van der Waals surface area contributed by atoms with Crippen molar-refractivity contribution in [1.29, 1.82) is 5.26 Å². The van der Waals surface area contributed by atoms with Crippen molar-refractivity contribution in [3.63, 3.8) is 0 Å². The van der Waals surface area contributed by atoms with Crippen LogP contribution in [0.2, 0.25) is 0 Å². The number of rotatable bonds is 1. The number of hydrogen-bond donors (Lipinski definition) is 1. The fourth-order valence-electron chi connectivity index (χ4n) is 1.68. The first-order valence-corrected chi connectivity index (χ1v) is 5.06. The number of ether oxygens (including phenoxy) is 1. The van der Waals surface area contributed by atoms with E-state index in [9.17, 15) is 10.1 Å². The Bertz CT molecular complexity index is 531. The molecule has 0 radical (unpaired) electrons. The molecule has 0 fully saturated rings. The first-order chi connectivity index (χ1) is 7.93. The second-order valence-corrected chi connectivity index (χ2v) is 4.53. The molecule has 1 aromatic rings. The summed E-state index contributed by atoms with van der Waals surface area (Å²) in [6.45, 7) is 4.17. The van der Waals surface area contributed by atoms with E-state index in [4.69, 9.17) is 10.00 Å². The van der Waals surface area contributed by atoms with Crippen LogP contribution in [0.15, 0.2) is 12.1 Å². The predicted octanol–water partition coefficient (Wildman–Crippen LogP) is 2.05. The fourth-order valence-corrected chi connectivity index (χ4v) is 1.68. The molecule has 0 aliphatic carbocycles. The SMILES string of the molecule is CC1(C)COc2cc(C#N)cc([N+](=O)[O-])c2N1. The molecule has 1 N–H and O–H groups in total. The van der Waals surface area contributed by atoms with Gasteiger partial charge in [0.05, 0.1) is 22.1 Å². The van der Waals surface area contributed by atoms with Crippen molar-refractivity contribution in [2.24, 2.45) is 0 Å². The van der Waals surface area contributed by atoms with Crippen molar-refractivity contribution in [2.75, 3.05) is 11.9 Å². The Labute approximate surface area is 98.0 Å². The molecule has 1 aromatic carbocycles. The maximum absolute atomic E-state index is 11.0. The molecule has 0 spiro atoms. The fraction of sp³-hybridized carbons (Fsp3) is 0.364. The highest BCUT2D eigenvalue weighted by Gasteiger charge is 2.31. The summed E-state index contributed by atoms with van der Waals surface area (Å²) in [7, 11) is 0. The van der Waals surface area contributed by atoms with Crippen LogP contribution in [0.1, 0.15) is 19.4 Å². The van der Waals surface area contributed by atoms with Gasteiger partial charge in [0.25, 0.3) is 5.69 Å². The van der Waals surface area contributed by atoms with Crippen LogP contribution in [0, 0.1) is 21.4 Å². The average Bonchev–Trinajstić information content (AvgIpc) is 2.26. The highest BCUT2D eigenvalue weighted by Crippen LogP contribution is 2.40. The quantitative estimate of drug-likeness (QED) is 0.592. The molecule has 0 atom stereocenters. The van der Waals surface area contributed by atoms with Gasteiger partial charge in [-0.3, -0.25) is 10.1 Å². The Kier molecular flexibility index (Phi) is 2.39. The first kappa shape index (κ1) is 11.2. The molecule has 1 heterocycles. The number of fused-ring (bicyclic) bond motifs is 1. The van der Waals surface area contributed by atoms with Crippen molar-refractivity contribution < 1.29 is 9.66 Å². The molecule has 17 heavy (non-hydrogen) atoms. The number of nitrogens with zero attached hydrogens (tertiary/aromatic N) is 2. The predicted molar refractivity (Wildman–Crippen MR) is 61.0 cm³/mol. The summed E-state index contributed by atoms with van der Waals surface area (Å²) in [5.74, 6) is 0.357. The van der Waals surface area contributed by atoms with Gasteiger partial charge < -0.3 is 10.1 Å². The van der Waals surface area contributed by atoms with Crippen molar-refractivity contribution in [1.82, 2.24) is 0 Å². The zero-order chi connectivity index (χ0) is 12.6. The van der Waals surface area contributed by atoms with Gasteiger partial charge in [-0.1, -0.05) is 0 Å². The van der Waals surface area contributed by atoms with Gasteiger partial charge in [-0.25, -0.2) is 0 Å². The van der Waals surface area contributed by atoms with Crippen LogP contribution >= 0.6 is 0 Å².